The fourth-order valence-corrected chi connectivity index (χ4v) is 3.26. The van der Waals surface area contributed by atoms with Gasteiger partial charge in [0.15, 0.2) is 0 Å². The van der Waals surface area contributed by atoms with E-state index in [2.05, 4.69) is 5.32 Å². The van der Waals surface area contributed by atoms with E-state index in [1.807, 2.05) is 38.1 Å². The molecule has 0 spiro atoms. The minimum atomic E-state index is -0.450. The average Bonchev–Trinajstić information content (AvgIpc) is 2.44. The van der Waals surface area contributed by atoms with Crippen molar-refractivity contribution >= 4 is 29.9 Å². The molecule has 3 N–H and O–H groups in total. The van der Waals surface area contributed by atoms with Crippen LogP contribution >= 0.6 is 24.0 Å². The molecule has 22 heavy (non-hydrogen) atoms. The molecule has 0 heterocycles. The minimum absolute atomic E-state index is 0. The van der Waals surface area contributed by atoms with E-state index in [-0.39, 0.29) is 18.3 Å². The fraction of sp³-hybridized carbons (Fsp3) is 0.588. The Bertz CT molecular complexity index is 506. The first-order valence-corrected chi connectivity index (χ1v) is 8.05. The number of nitrogens with one attached hydrogen (secondary N) is 1. The van der Waals surface area contributed by atoms with Crippen LogP contribution in [0.4, 0.5) is 0 Å². The van der Waals surface area contributed by atoms with E-state index in [0.29, 0.717) is 11.6 Å². The summed E-state index contributed by atoms with van der Waals surface area (Å²) in [5.74, 6) is 0.0861. The number of benzene rings is 1. The Morgan fingerprint density at radius 3 is 2.50 bits per heavy atom. The van der Waals surface area contributed by atoms with E-state index >= 15 is 0 Å². The summed E-state index contributed by atoms with van der Waals surface area (Å²) in [6, 6.07) is 7.72. The molecule has 5 heteroatoms. The van der Waals surface area contributed by atoms with E-state index in [1.54, 1.807) is 0 Å². The third-order valence-corrected chi connectivity index (χ3v) is 4.46. The number of rotatable bonds is 4. The predicted molar refractivity (Wildman–Crippen MR) is 94.7 cm³/mol. The number of amides is 1. The topological polar surface area (TPSA) is 55.1 Å². The van der Waals surface area contributed by atoms with Crippen molar-refractivity contribution in [3.05, 3.63) is 34.9 Å². The van der Waals surface area contributed by atoms with Crippen molar-refractivity contribution in [2.75, 3.05) is 6.54 Å². The van der Waals surface area contributed by atoms with Crippen molar-refractivity contribution in [1.82, 2.24) is 5.32 Å². The van der Waals surface area contributed by atoms with Gasteiger partial charge in [-0.2, -0.15) is 0 Å². The number of hydrogen-bond donors (Lipinski definition) is 2. The Hall–Kier alpha value is -0.770. The molecule has 3 nitrogen and oxygen atoms in total. The van der Waals surface area contributed by atoms with Crippen molar-refractivity contribution in [3.8, 4) is 0 Å². The summed E-state index contributed by atoms with van der Waals surface area (Å²) < 4.78 is 0. The summed E-state index contributed by atoms with van der Waals surface area (Å²) >= 11 is 6.13. The SMILES string of the molecule is CC(C)(N)CNC(=O)C1(c2cccc(Cl)c2)CCCCC1.Cl. The van der Waals surface area contributed by atoms with E-state index in [9.17, 15) is 4.79 Å². The van der Waals surface area contributed by atoms with Crippen molar-refractivity contribution in [2.24, 2.45) is 5.73 Å². The van der Waals surface area contributed by atoms with E-state index < -0.39 is 11.0 Å². The lowest BCUT2D eigenvalue weighted by Crippen LogP contribution is -2.52. The lowest BCUT2D eigenvalue weighted by atomic mass is 9.68. The van der Waals surface area contributed by atoms with Gasteiger partial charge in [-0.3, -0.25) is 4.79 Å². The summed E-state index contributed by atoms with van der Waals surface area (Å²) in [6.45, 7) is 4.31. The monoisotopic (exact) mass is 344 g/mol. The summed E-state index contributed by atoms with van der Waals surface area (Å²) in [7, 11) is 0. The molecule has 124 valence electrons. The van der Waals surface area contributed by atoms with Gasteiger partial charge in [0.2, 0.25) is 5.91 Å². The standard InChI is InChI=1S/C17H25ClN2O.ClH/c1-16(2,19)12-20-15(21)17(9-4-3-5-10-17)13-7-6-8-14(18)11-13;/h6-8,11H,3-5,9-10,12,19H2,1-2H3,(H,20,21);1H. The first-order valence-electron chi connectivity index (χ1n) is 7.67. The smallest absolute Gasteiger partial charge is 0.230 e. The quantitative estimate of drug-likeness (QED) is 0.872. The fourth-order valence-electron chi connectivity index (χ4n) is 3.07. The number of halogens is 2. The Morgan fingerprint density at radius 2 is 1.95 bits per heavy atom. The second-order valence-electron chi connectivity index (χ2n) is 6.82. The lowest BCUT2D eigenvalue weighted by molar-refractivity contribution is -0.128. The van der Waals surface area contributed by atoms with Gasteiger partial charge in [0.05, 0.1) is 5.41 Å². The molecule has 0 aromatic heterocycles. The molecule has 1 aromatic rings. The molecule has 1 aliphatic carbocycles. The molecule has 1 fully saturated rings. The van der Waals surface area contributed by atoms with Gasteiger partial charge in [-0.15, -0.1) is 12.4 Å². The van der Waals surface area contributed by atoms with Crippen LogP contribution in [0.2, 0.25) is 5.02 Å². The van der Waals surface area contributed by atoms with Crippen molar-refractivity contribution in [1.29, 1.82) is 0 Å². The average molecular weight is 345 g/mol. The van der Waals surface area contributed by atoms with Crippen LogP contribution in [0.1, 0.15) is 51.5 Å². The summed E-state index contributed by atoms with van der Waals surface area (Å²) in [5, 5.41) is 3.73. The largest absolute Gasteiger partial charge is 0.354 e. The lowest BCUT2D eigenvalue weighted by Gasteiger charge is -2.37. The Balaban J connectivity index is 0.00000242. The van der Waals surface area contributed by atoms with Crippen LogP contribution < -0.4 is 11.1 Å². The van der Waals surface area contributed by atoms with Gasteiger partial charge in [0.25, 0.3) is 0 Å². The van der Waals surface area contributed by atoms with Crippen molar-refractivity contribution in [2.45, 2.75) is 56.9 Å². The van der Waals surface area contributed by atoms with E-state index in [1.165, 1.54) is 6.42 Å². The molecule has 0 aliphatic heterocycles. The number of hydrogen-bond acceptors (Lipinski definition) is 2. The summed E-state index contributed by atoms with van der Waals surface area (Å²) in [4.78, 5) is 12.9. The van der Waals surface area contributed by atoms with Crippen LogP contribution in [0.3, 0.4) is 0 Å². The molecule has 0 atom stereocenters. The molecule has 0 bridgehead atoms. The van der Waals surface area contributed by atoms with Crippen LogP contribution in [-0.4, -0.2) is 18.0 Å². The number of nitrogens with two attached hydrogens (primary N) is 1. The maximum atomic E-state index is 12.9. The second kappa shape index (κ2) is 7.67. The first kappa shape index (κ1) is 19.3. The highest BCUT2D eigenvalue weighted by Gasteiger charge is 2.41. The zero-order valence-electron chi connectivity index (χ0n) is 13.3. The maximum absolute atomic E-state index is 12.9. The zero-order valence-corrected chi connectivity index (χ0v) is 14.9. The molecular weight excluding hydrogens is 319 g/mol. The molecule has 1 amide bonds. The van der Waals surface area contributed by atoms with Gasteiger partial charge < -0.3 is 11.1 Å². The molecule has 1 aliphatic rings. The molecule has 2 rings (SSSR count). The Labute approximate surface area is 144 Å². The normalized spacial score (nSPS) is 17.5. The molecular formula is C17H26Cl2N2O. The Morgan fingerprint density at radius 1 is 1.32 bits per heavy atom. The number of carbonyl (C=O) groups is 1. The van der Waals surface area contributed by atoms with Crippen LogP contribution in [0.5, 0.6) is 0 Å². The summed E-state index contributed by atoms with van der Waals surface area (Å²) in [6.07, 6.45) is 5.10. The van der Waals surface area contributed by atoms with Gasteiger partial charge in [0.1, 0.15) is 0 Å². The van der Waals surface area contributed by atoms with E-state index in [0.717, 1.165) is 31.2 Å². The highest BCUT2D eigenvalue weighted by Crippen LogP contribution is 2.40. The van der Waals surface area contributed by atoms with Gasteiger partial charge in [0, 0.05) is 17.1 Å². The third kappa shape index (κ3) is 4.61. The first-order chi connectivity index (χ1) is 9.83. The van der Waals surface area contributed by atoms with Crippen LogP contribution in [0, 0.1) is 0 Å². The highest BCUT2D eigenvalue weighted by molar-refractivity contribution is 6.30. The molecule has 0 saturated heterocycles. The zero-order chi connectivity index (χ0) is 15.5. The van der Waals surface area contributed by atoms with Gasteiger partial charge in [-0.1, -0.05) is 43.0 Å². The highest BCUT2D eigenvalue weighted by atomic mass is 35.5. The van der Waals surface area contributed by atoms with Crippen molar-refractivity contribution < 1.29 is 4.79 Å². The van der Waals surface area contributed by atoms with Gasteiger partial charge >= 0.3 is 0 Å². The van der Waals surface area contributed by atoms with Crippen molar-refractivity contribution in [3.63, 3.8) is 0 Å². The van der Waals surface area contributed by atoms with Crippen LogP contribution in [-0.2, 0) is 10.2 Å². The second-order valence-corrected chi connectivity index (χ2v) is 7.26. The predicted octanol–water partition coefficient (Wildman–Crippen LogP) is 3.82. The van der Waals surface area contributed by atoms with Gasteiger partial charge in [-0.25, -0.2) is 0 Å². The maximum Gasteiger partial charge on any atom is 0.230 e. The molecule has 0 unspecified atom stereocenters. The third-order valence-electron chi connectivity index (χ3n) is 4.22. The summed E-state index contributed by atoms with van der Waals surface area (Å²) in [5.41, 5.74) is 6.16. The van der Waals surface area contributed by atoms with Crippen LogP contribution in [0.25, 0.3) is 0 Å². The van der Waals surface area contributed by atoms with Crippen LogP contribution in [0.15, 0.2) is 24.3 Å². The molecule has 1 aromatic carbocycles. The molecule has 0 radical (unpaired) electrons. The number of carbonyl (C=O) groups excluding carboxylic acids is 1. The van der Waals surface area contributed by atoms with E-state index in [4.69, 9.17) is 17.3 Å². The molecule has 1 saturated carbocycles. The minimum Gasteiger partial charge on any atom is -0.354 e. The van der Waals surface area contributed by atoms with Gasteiger partial charge in [-0.05, 0) is 44.4 Å². The Kier molecular flexibility index (Phi) is 6.72.